The number of methoxy groups -OCH3 is 2. The normalized spacial score (nSPS) is 10.9. The maximum Gasteiger partial charge on any atom is 0.266 e. The number of hydrogen-bond donors (Lipinski definition) is 0. The van der Waals surface area contributed by atoms with Gasteiger partial charge in [-0.1, -0.05) is 53.7 Å². The van der Waals surface area contributed by atoms with E-state index in [0.29, 0.717) is 44.0 Å². The lowest BCUT2D eigenvalue weighted by molar-refractivity contribution is 0.355. The van der Waals surface area contributed by atoms with Crippen molar-refractivity contribution in [1.29, 1.82) is 0 Å². The number of benzene rings is 3. The lowest BCUT2D eigenvalue weighted by atomic mass is 10.2. The highest BCUT2D eigenvalue weighted by Crippen LogP contribution is 2.32. The molecule has 7 heteroatoms. The van der Waals surface area contributed by atoms with E-state index < -0.39 is 0 Å². The molecule has 0 aliphatic rings. The molecule has 1 aromatic heterocycles. The van der Waals surface area contributed by atoms with Gasteiger partial charge in [0.1, 0.15) is 0 Å². The fourth-order valence-electron chi connectivity index (χ4n) is 3.13. The number of fused-ring (bicyclic) bond motifs is 1. The molecule has 0 fully saturated rings. The van der Waals surface area contributed by atoms with Crippen molar-refractivity contribution >= 4 is 34.3 Å². The summed E-state index contributed by atoms with van der Waals surface area (Å²) in [6, 6.07) is 20.6. The van der Waals surface area contributed by atoms with E-state index in [4.69, 9.17) is 26.1 Å². The molecule has 0 aliphatic heterocycles. The Morgan fingerprint density at radius 3 is 2.30 bits per heavy atom. The monoisotopic (exact) mass is 438 g/mol. The van der Waals surface area contributed by atoms with E-state index >= 15 is 0 Å². The summed E-state index contributed by atoms with van der Waals surface area (Å²) < 4.78 is 12.4. The standard InChI is InChI=1S/C23H19ClN2O3S/c1-28-20-12-18-19(13-21(20)29-2)25-23(30-14-15-6-4-3-5-7-15)26(22(18)27)17-10-8-16(24)9-11-17/h3-13H,14H2,1-2H3. The third kappa shape index (κ3) is 4.01. The Morgan fingerprint density at radius 2 is 1.63 bits per heavy atom. The molecule has 30 heavy (non-hydrogen) atoms. The van der Waals surface area contributed by atoms with Crippen LogP contribution in [0.2, 0.25) is 5.02 Å². The van der Waals surface area contributed by atoms with E-state index in [9.17, 15) is 4.79 Å². The van der Waals surface area contributed by atoms with Gasteiger partial charge in [-0.25, -0.2) is 4.98 Å². The first-order chi connectivity index (χ1) is 14.6. The molecule has 1 heterocycles. The molecule has 152 valence electrons. The van der Waals surface area contributed by atoms with Gasteiger partial charge in [-0.05, 0) is 35.9 Å². The Morgan fingerprint density at radius 1 is 0.967 bits per heavy atom. The van der Waals surface area contributed by atoms with Crippen molar-refractivity contribution in [2.24, 2.45) is 0 Å². The number of aromatic nitrogens is 2. The van der Waals surface area contributed by atoms with Crippen LogP contribution in [-0.2, 0) is 5.75 Å². The summed E-state index contributed by atoms with van der Waals surface area (Å²) in [7, 11) is 3.10. The Labute approximate surface area is 183 Å². The molecule has 5 nitrogen and oxygen atoms in total. The van der Waals surface area contributed by atoms with Gasteiger partial charge in [-0.2, -0.15) is 0 Å². The number of halogens is 1. The average Bonchev–Trinajstić information content (AvgIpc) is 2.78. The molecule has 0 spiro atoms. The van der Waals surface area contributed by atoms with Gasteiger partial charge in [0.25, 0.3) is 5.56 Å². The fraction of sp³-hybridized carbons (Fsp3) is 0.130. The van der Waals surface area contributed by atoms with Crippen LogP contribution in [0.25, 0.3) is 16.6 Å². The highest BCUT2D eigenvalue weighted by atomic mass is 35.5. The van der Waals surface area contributed by atoms with Gasteiger partial charge in [0.15, 0.2) is 16.7 Å². The van der Waals surface area contributed by atoms with E-state index in [2.05, 4.69) is 0 Å². The minimum Gasteiger partial charge on any atom is -0.493 e. The highest BCUT2D eigenvalue weighted by Gasteiger charge is 2.17. The molecule has 0 aliphatic carbocycles. The van der Waals surface area contributed by atoms with Crippen molar-refractivity contribution < 1.29 is 9.47 Å². The molecule has 4 rings (SSSR count). The Balaban J connectivity index is 1.90. The van der Waals surface area contributed by atoms with Crippen LogP contribution in [0.4, 0.5) is 0 Å². The third-order valence-corrected chi connectivity index (χ3v) is 5.90. The van der Waals surface area contributed by atoms with Crippen LogP contribution < -0.4 is 15.0 Å². The van der Waals surface area contributed by atoms with Crippen molar-refractivity contribution in [3.05, 3.63) is 87.7 Å². The lowest BCUT2D eigenvalue weighted by Gasteiger charge is -2.15. The second-order valence-corrected chi connectivity index (χ2v) is 7.89. The number of thioether (sulfide) groups is 1. The molecule has 4 aromatic rings. The quantitative estimate of drug-likeness (QED) is 0.300. The lowest BCUT2D eigenvalue weighted by Crippen LogP contribution is -2.22. The molecule has 0 amide bonds. The minimum absolute atomic E-state index is 0.182. The summed E-state index contributed by atoms with van der Waals surface area (Å²) in [5.74, 6) is 1.69. The topological polar surface area (TPSA) is 53.4 Å². The van der Waals surface area contributed by atoms with Crippen LogP contribution in [0, 0.1) is 0 Å². The SMILES string of the molecule is COc1cc2nc(SCc3ccccc3)n(-c3ccc(Cl)cc3)c(=O)c2cc1OC. The van der Waals surface area contributed by atoms with Crippen LogP contribution in [0.5, 0.6) is 11.5 Å². The minimum atomic E-state index is -0.182. The van der Waals surface area contributed by atoms with Crippen molar-refractivity contribution in [3.8, 4) is 17.2 Å². The predicted octanol–water partition coefficient (Wildman–Crippen LogP) is 5.35. The maximum atomic E-state index is 13.5. The molecule has 0 N–H and O–H groups in total. The largest absolute Gasteiger partial charge is 0.493 e. The average molecular weight is 439 g/mol. The number of hydrogen-bond acceptors (Lipinski definition) is 5. The first kappa shape index (κ1) is 20.3. The highest BCUT2D eigenvalue weighted by molar-refractivity contribution is 7.98. The van der Waals surface area contributed by atoms with Crippen LogP contribution in [0.1, 0.15) is 5.56 Å². The number of nitrogens with zero attached hydrogens (tertiary/aromatic N) is 2. The Bertz CT molecular complexity index is 1240. The van der Waals surface area contributed by atoms with Crippen LogP contribution in [-0.4, -0.2) is 23.8 Å². The van der Waals surface area contributed by atoms with Crippen LogP contribution in [0.15, 0.2) is 76.7 Å². The fourth-order valence-corrected chi connectivity index (χ4v) is 4.22. The molecule has 0 saturated heterocycles. The molecule has 0 radical (unpaired) electrons. The third-order valence-electron chi connectivity index (χ3n) is 4.64. The zero-order valence-corrected chi connectivity index (χ0v) is 18.0. The Hall–Kier alpha value is -2.96. The summed E-state index contributed by atoms with van der Waals surface area (Å²) in [5.41, 5.74) is 2.22. The van der Waals surface area contributed by atoms with Crippen LogP contribution >= 0.6 is 23.4 Å². The molecule has 0 unspecified atom stereocenters. The van der Waals surface area contributed by atoms with Gasteiger partial charge < -0.3 is 9.47 Å². The molecular formula is C23H19ClN2O3S. The van der Waals surface area contributed by atoms with E-state index in [1.54, 1.807) is 43.1 Å². The van der Waals surface area contributed by atoms with Crippen molar-refractivity contribution in [1.82, 2.24) is 9.55 Å². The Kier molecular flexibility index (Phi) is 5.97. The first-order valence-electron chi connectivity index (χ1n) is 9.22. The van der Waals surface area contributed by atoms with Crippen molar-refractivity contribution in [2.45, 2.75) is 10.9 Å². The van der Waals surface area contributed by atoms with Crippen molar-refractivity contribution in [3.63, 3.8) is 0 Å². The first-order valence-corrected chi connectivity index (χ1v) is 10.6. The molecule has 0 atom stereocenters. The van der Waals surface area contributed by atoms with Gasteiger partial charge in [0.2, 0.25) is 0 Å². The van der Waals surface area contributed by atoms with E-state index in [1.807, 2.05) is 42.5 Å². The predicted molar refractivity (Wildman–Crippen MR) is 121 cm³/mol. The summed E-state index contributed by atoms with van der Waals surface area (Å²) in [6.07, 6.45) is 0. The second kappa shape index (κ2) is 8.81. The van der Waals surface area contributed by atoms with Gasteiger partial charge in [0.05, 0.1) is 30.8 Å². The van der Waals surface area contributed by atoms with Crippen LogP contribution in [0.3, 0.4) is 0 Å². The summed E-state index contributed by atoms with van der Waals surface area (Å²) in [6.45, 7) is 0. The van der Waals surface area contributed by atoms with Gasteiger partial charge >= 0.3 is 0 Å². The van der Waals surface area contributed by atoms with Gasteiger partial charge in [-0.15, -0.1) is 0 Å². The molecular weight excluding hydrogens is 420 g/mol. The number of ether oxygens (including phenoxy) is 2. The summed E-state index contributed by atoms with van der Waals surface area (Å²) in [5, 5.41) is 1.64. The zero-order chi connectivity index (χ0) is 21.1. The van der Waals surface area contributed by atoms with Gasteiger partial charge in [0, 0.05) is 16.8 Å². The van der Waals surface area contributed by atoms with E-state index in [0.717, 1.165) is 5.56 Å². The summed E-state index contributed by atoms with van der Waals surface area (Å²) in [4.78, 5) is 18.3. The molecule has 3 aromatic carbocycles. The summed E-state index contributed by atoms with van der Waals surface area (Å²) >= 11 is 7.55. The van der Waals surface area contributed by atoms with Crippen molar-refractivity contribution in [2.75, 3.05) is 14.2 Å². The van der Waals surface area contributed by atoms with E-state index in [1.165, 1.54) is 11.8 Å². The zero-order valence-electron chi connectivity index (χ0n) is 16.5. The van der Waals surface area contributed by atoms with E-state index in [-0.39, 0.29) is 5.56 Å². The molecule has 0 saturated carbocycles. The van der Waals surface area contributed by atoms with Gasteiger partial charge in [-0.3, -0.25) is 9.36 Å². The smallest absolute Gasteiger partial charge is 0.266 e. The second-order valence-electron chi connectivity index (χ2n) is 6.51. The maximum absolute atomic E-state index is 13.5. The molecule has 0 bridgehead atoms. The number of rotatable bonds is 6.